The van der Waals surface area contributed by atoms with Gasteiger partial charge < -0.3 is 15.4 Å². The quantitative estimate of drug-likeness (QED) is 0.466. The number of thiophene rings is 1. The molecule has 0 saturated heterocycles. The highest BCUT2D eigenvalue weighted by atomic mass is 32.2. The van der Waals surface area contributed by atoms with E-state index in [0.29, 0.717) is 17.0 Å². The van der Waals surface area contributed by atoms with Gasteiger partial charge in [0.05, 0.1) is 17.2 Å². The Bertz CT molecular complexity index is 956. The Morgan fingerprint density at radius 2 is 1.83 bits per heavy atom. The third-order valence-corrected chi connectivity index (χ3v) is 6.36. The minimum absolute atomic E-state index is 0.0595. The van der Waals surface area contributed by atoms with Crippen molar-refractivity contribution in [1.82, 2.24) is 0 Å². The lowest BCUT2D eigenvalue weighted by atomic mass is 10.2. The number of rotatable bonds is 8. The summed E-state index contributed by atoms with van der Waals surface area (Å²) in [6.45, 7) is 1.98. The number of hydrogen-bond donors (Lipinski definition) is 2. The van der Waals surface area contributed by atoms with Crippen molar-refractivity contribution in [2.45, 2.75) is 23.5 Å². The van der Waals surface area contributed by atoms with E-state index < -0.39 is 0 Å². The second kappa shape index (κ2) is 10.1. The van der Waals surface area contributed by atoms with Gasteiger partial charge in [-0.2, -0.15) is 0 Å². The predicted octanol–water partition coefficient (Wildman–Crippen LogP) is 5.52. The Labute approximate surface area is 178 Å². The fourth-order valence-electron chi connectivity index (χ4n) is 2.63. The molecule has 1 unspecified atom stereocenters. The molecule has 7 heteroatoms. The Balaban J connectivity index is 1.63. The van der Waals surface area contributed by atoms with Crippen molar-refractivity contribution in [2.75, 3.05) is 17.7 Å². The van der Waals surface area contributed by atoms with Crippen LogP contribution in [-0.2, 0) is 4.79 Å². The molecule has 2 aromatic carbocycles. The average Bonchev–Trinajstić information content (AvgIpc) is 3.28. The Morgan fingerprint density at radius 1 is 1.03 bits per heavy atom. The number of anilines is 2. The summed E-state index contributed by atoms with van der Waals surface area (Å²) >= 11 is 2.87. The Hall–Kier alpha value is -2.77. The normalized spacial score (nSPS) is 11.5. The highest BCUT2D eigenvalue weighted by Gasteiger charge is 2.18. The minimum Gasteiger partial charge on any atom is -0.497 e. The van der Waals surface area contributed by atoms with E-state index in [0.717, 1.165) is 16.3 Å². The predicted molar refractivity (Wildman–Crippen MR) is 120 cm³/mol. The third-order valence-electron chi connectivity index (χ3n) is 4.14. The molecule has 0 aliphatic heterocycles. The van der Waals surface area contributed by atoms with Gasteiger partial charge in [-0.05, 0) is 60.3 Å². The van der Waals surface area contributed by atoms with Crippen LogP contribution < -0.4 is 15.4 Å². The maximum atomic E-state index is 12.7. The summed E-state index contributed by atoms with van der Waals surface area (Å²) in [6.07, 6.45) is 0.679. The summed E-state index contributed by atoms with van der Waals surface area (Å²) in [7, 11) is 1.61. The zero-order chi connectivity index (χ0) is 20.6. The maximum absolute atomic E-state index is 12.7. The van der Waals surface area contributed by atoms with Crippen molar-refractivity contribution < 1.29 is 14.3 Å². The number of carbonyl (C=O) groups is 2. The molecule has 1 aromatic heterocycles. The summed E-state index contributed by atoms with van der Waals surface area (Å²) in [6, 6.07) is 18.4. The molecule has 0 aliphatic rings. The Morgan fingerprint density at radius 3 is 2.48 bits per heavy atom. The molecule has 1 atom stereocenters. The smallest absolute Gasteiger partial charge is 0.265 e. The molecule has 2 N–H and O–H groups in total. The van der Waals surface area contributed by atoms with Crippen LogP contribution in [0.5, 0.6) is 5.75 Å². The van der Waals surface area contributed by atoms with Gasteiger partial charge in [-0.25, -0.2) is 0 Å². The third kappa shape index (κ3) is 5.85. The number of ether oxygens (including phenoxy) is 1. The van der Waals surface area contributed by atoms with Crippen LogP contribution in [0, 0.1) is 0 Å². The molecule has 3 rings (SSSR count). The lowest BCUT2D eigenvalue weighted by Gasteiger charge is -2.15. The summed E-state index contributed by atoms with van der Waals surface area (Å²) in [5, 5.41) is 7.47. The second-order valence-electron chi connectivity index (χ2n) is 6.19. The average molecular weight is 427 g/mol. The Kier molecular flexibility index (Phi) is 7.32. The van der Waals surface area contributed by atoms with Gasteiger partial charge in [0.1, 0.15) is 5.75 Å². The van der Waals surface area contributed by atoms with Crippen molar-refractivity contribution in [3.63, 3.8) is 0 Å². The van der Waals surface area contributed by atoms with Gasteiger partial charge >= 0.3 is 0 Å². The molecule has 0 aliphatic carbocycles. The second-order valence-corrected chi connectivity index (χ2v) is 8.42. The molecule has 29 heavy (non-hydrogen) atoms. The van der Waals surface area contributed by atoms with Crippen LogP contribution in [0.25, 0.3) is 0 Å². The monoisotopic (exact) mass is 426 g/mol. The number of amides is 2. The van der Waals surface area contributed by atoms with E-state index in [4.69, 9.17) is 4.74 Å². The number of benzene rings is 2. The summed E-state index contributed by atoms with van der Waals surface area (Å²) < 4.78 is 5.14. The van der Waals surface area contributed by atoms with Gasteiger partial charge in [0.2, 0.25) is 5.91 Å². The fraction of sp³-hybridized carbons (Fsp3) is 0.182. The number of nitrogens with one attached hydrogen (secondary N) is 2. The first-order chi connectivity index (χ1) is 14.1. The first-order valence-corrected chi connectivity index (χ1v) is 10.9. The van der Waals surface area contributed by atoms with Gasteiger partial charge in [0, 0.05) is 16.3 Å². The summed E-state index contributed by atoms with van der Waals surface area (Å²) in [5.41, 5.74) is 1.44. The van der Waals surface area contributed by atoms with Crippen molar-refractivity contribution >= 4 is 46.3 Å². The largest absolute Gasteiger partial charge is 0.497 e. The molecular formula is C22H22N2O3S2. The lowest BCUT2D eigenvalue weighted by molar-refractivity contribution is -0.115. The van der Waals surface area contributed by atoms with Crippen LogP contribution in [0.1, 0.15) is 23.0 Å². The van der Waals surface area contributed by atoms with Crippen LogP contribution in [-0.4, -0.2) is 24.2 Å². The van der Waals surface area contributed by atoms with Gasteiger partial charge in [-0.1, -0.05) is 19.1 Å². The molecule has 0 fully saturated rings. The number of hydrogen-bond acceptors (Lipinski definition) is 5. The standard InChI is InChI=1S/C22H22N2O3S2/c1-3-19(21(25)23-15-9-11-17(27-2)12-10-15)29-18-7-4-6-16(14-18)24-22(26)20-8-5-13-28-20/h4-14,19H,3H2,1-2H3,(H,23,25)(H,24,26). The minimum atomic E-state index is -0.250. The van der Waals surface area contributed by atoms with E-state index in [1.54, 1.807) is 13.2 Å². The molecule has 5 nitrogen and oxygen atoms in total. The number of methoxy groups -OCH3 is 1. The molecule has 0 radical (unpaired) electrons. The van der Waals surface area contributed by atoms with E-state index >= 15 is 0 Å². The topological polar surface area (TPSA) is 67.4 Å². The molecule has 150 valence electrons. The zero-order valence-electron chi connectivity index (χ0n) is 16.2. The van der Waals surface area contributed by atoms with Crippen molar-refractivity contribution in [3.05, 3.63) is 70.9 Å². The van der Waals surface area contributed by atoms with Crippen LogP contribution >= 0.6 is 23.1 Å². The van der Waals surface area contributed by atoms with Crippen molar-refractivity contribution in [3.8, 4) is 5.75 Å². The fourth-order valence-corrected chi connectivity index (χ4v) is 4.26. The molecule has 2 amide bonds. The highest BCUT2D eigenvalue weighted by Crippen LogP contribution is 2.29. The number of thioether (sulfide) groups is 1. The zero-order valence-corrected chi connectivity index (χ0v) is 17.8. The summed E-state index contributed by atoms with van der Waals surface area (Å²) in [5.74, 6) is 0.549. The molecule has 0 saturated carbocycles. The van der Waals surface area contributed by atoms with Crippen molar-refractivity contribution in [1.29, 1.82) is 0 Å². The lowest BCUT2D eigenvalue weighted by Crippen LogP contribution is -2.24. The van der Waals surface area contributed by atoms with Gasteiger partial charge in [-0.15, -0.1) is 23.1 Å². The van der Waals surface area contributed by atoms with Crippen molar-refractivity contribution in [2.24, 2.45) is 0 Å². The summed E-state index contributed by atoms with van der Waals surface area (Å²) in [4.78, 5) is 26.5. The van der Waals surface area contributed by atoms with Crippen LogP contribution in [0.4, 0.5) is 11.4 Å². The van der Waals surface area contributed by atoms with Crippen LogP contribution in [0.15, 0.2) is 70.9 Å². The van der Waals surface area contributed by atoms with Gasteiger partial charge in [-0.3, -0.25) is 9.59 Å². The highest BCUT2D eigenvalue weighted by molar-refractivity contribution is 8.00. The maximum Gasteiger partial charge on any atom is 0.265 e. The molecular weight excluding hydrogens is 404 g/mol. The molecule has 1 heterocycles. The van der Waals surface area contributed by atoms with E-state index in [1.165, 1.54) is 23.1 Å². The molecule has 3 aromatic rings. The van der Waals surface area contributed by atoms with Crippen LogP contribution in [0.3, 0.4) is 0 Å². The van der Waals surface area contributed by atoms with Gasteiger partial charge in [0.15, 0.2) is 0 Å². The van der Waals surface area contributed by atoms with Crippen LogP contribution in [0.2, 0.25) is 0 Å². The first-order valence-electron chi connectivity index (χ1n) is 9.15. The van der Waals surface area contributed by atoms with Gasteiger partial charge in [0.25, 0.3) is 5.91 Å². The molecule has 0 spiro atoms. The van der Waals surface area contributed by atoms with E-state index in [1.807, 2.05) is 66.9 Å². The number of carbonyl (C=O) groups excluding carboxylic acids is 2. The SMILES string of the molecule is CCC(Sc1cccc(NC(=O)c2cccs2)c1)C(=O)Nc1ccc(OC)cc1. The van der Waals surface area contributed by atoms with E-state index in [9.17, 15) is 9.59 Å². The van der Waals surface area contributed by atoms with E-state index in [-0.39, 0.29) is 17.1 Å². The first kappa shape index (κ1) is 21.0. The molecule has 0 bridgehead atoms. The van der Waals surface area contributed by atoms with E-state index in [2.05, 4.69) is 10.6 Å².